The van der Waals surface area contributed by atoms with Crippen LogP contribution in [0.5, 0.6) is 11.5 Å². The summed E-state index contributed by atoms with van der Waals surface area (Å²) in [6.07, 6.45) is 0. The van der Waals surface area contributed by atoms with Gasteiger partial charge in [-0.25, -0.2) is 0 Å². The Morgan fingerprint density at radius 3 is 2.33 bits per heavy atom. The molecule has 0 aliphatic rings. The molecule has 0 saturated carbocycles. The Bertz CT molecular complexity index is 627. The van der Waals surface area contributed by atoms with Gasteiger partial charge in [0.2, 0.25) is 5.78 Å². The van der Waals surface area contributed by atoms with Crippen molar-refractivity contribution in [3.8, 4) is 11.5 Å². The summed E-state index contributed by atoms with van der Waals surface area (Å²) in [6.45, 7) is -0.218. The van der Waals surface area contributed by atoms with Crippen LogP contribution < -0.4 is 14.9 Å². The molecule has 2 aromatic rings. The molecule has 0 spiro atoms. The molecular formula is C15H15BO5. The van der Waals surface area contributed by atoms with Crippen LogP contribution in [0.3, 0.4) is 0 Å². The topological polar surface area (TPSA) is 76.0 Å². The van der Waals surface area contributed by atoms with Crippen molar-refractivity contribution >= 4 is 18.4 Å². The smallest absolute Gasteiger partial charge is 0.492 e. The number of Topliss-reactive ketones (excluding diaryl/α,β-unsaturated/α-hetero) is 1. The van der Waals surface area contributed by atoms with Crippen LogP contribution in [0, 0.1) is 0 Å². The van der Waals surface area contributed by atoms with E-state index in [4.69, 9.17) is 9.47 Å². The lowest BCUT2D eigenvalue weighted by Crippen LogP contribution is -2.32. The highest BCUT2D eigenvalue weighted by Gasteiger charge is 2.18. The van der Waals surface area contributed by atoms with Crippen molar-refractivity contribution in [2.24, 2.45) is 0 Å². The molecule has 2 rings (SSSR count). The Hall–Kier alpha value is -2.31. The number of para-hydroxylation sites is 2. The van der Waals surface area contributed by atoms with Crippen LogP contribution in [0.4, 0.5) is 0 Å². The van der Waals surface area contributed by atoms with Crippen molar-refractivity contribution in [2.75, 3.05) is 13.7 Å². The van der Waals surface area contributed by atoms with Gasteiger partial charge in [-0.3, -0.25) is 4.79 Å². The predicted molar refractivity (Wildman–Crippen MR) is 79.1 cm³/mol. The fraction of sp³-hybridized carbons (Fsp3) is 0.133. The van der Waals surface area contributed by atoms with Crippen LogP contribution in [0.2, 0.25) is 0 Å². The summed E-state index contributed by atoms with van der Waals surface area (Å²) in [5.74, 6) is 0.479. The average molecular weight is 286 g/mol. The van der Waals surface area contributed by atoms with Crippen LogP contribution in [-0.2, 0) is 0 Å². The van der Waals surface area contributed by atoms with Gasteiger partial charge in [0.15, 0.2) is 6.61 Å². The van der Waals surface area contributed by atoms with Crippen molar-refractivity contribution < 1.29 is 24.3 Å². The number of methoxy groups -OCH3 is 1. The van der Waals surface area contributed by atoms with E-state index in [-0.39, 0.29) is 23.6 Å². The number of hydrogen-bond donors (Lipinski definition) is 2. The third-order valence-corrected chi connectivity index (χ3v) is 2.96. The molecule has 0 aliphatic carbocycles. The highest BCUT2D eigenvalue weighted by atomic mass is 16.5. The molecule has 0 unspecified atom stereocenters. The highest BCUT2D eigenvalue weighted by molar-refractivity contribution is 6.59. The number of benzene rings is 2. The quantitative estimate of drug-likeness (QED) is 0.602. The maximum absolute atomic E-state index is 12.1. The zero-order valence-corrected chi connectivity index (χ0v) is 11.5. The van der Waals surface area contributed by atoms with E-state index in [1.165, 1.54) is 13.2 Å². The van der Waals surface area contributed by atoms with Crippen LogP contribution in [0.25, 0.3) is 0 Å². The van der Waals surface area contributed by atoms with Crippen molar-refractivity contribution in [1.82, 2.24) is 0 Å². The normalized spacial score (nSPS) is 10.0. The molecule has 21 heavy (non-hydrogen) atoms. The van der Waals surface area contributed by atoms with Crippen molar-refractivity contribution in [3.63, 3.8) is 0 Å². The summed E-state index contributed by atoms with van der Waals surface area (Å²) in [5, 5.41) is 18.5. The summed E-state index contributed by atoms with van der Waals surface area (Å²) in [5.41, 5.74) is 0.632. The number of ether oxygens (including phenoxy) is 2. The summed E-state index contributed by atoms with van der Waals surface area (Å²) in [4.78, 5) is 12.1. The molecule has 0 amide bonds. The highest BCUT2D eigenvalue weighted by Crippen LogP contribution is 2.18. The van der Waals surface area contributed by atoms with Gasteiger partial charge in [-0.1, -0.05) is 30.3 Å². The van der Waals surface area contributed by atoms with E-state index in [0.29, 0.717) is 11.3 Å². The van der Waals surface area contributed by atoms with E-state index in [0.717, 1.165) is 0 Å². The standard InChI is InChI=1S/C15H15BO5/c1-20-14-8-4-2-6-11(14)13(17)10-21-15-9-5-3-7-12(15)16(18)19/h2-9,18-19H,10H2,1H3. The van der Waals surface area contributed by atoms with Crippen molar-refractivity contribution in [3.05, 3.63) is 54.1 Å². The molecule has 0 fully saturated rings. The lowest BCUT2D eigenvalue weighted by molar-refractivity contribution is 0.0919. The minimum atomic E-state index is -1.65. The summed E-state index contributed by atoms with van der Waals surface area (Å²) < 4.78 is 10.5. The van der Waals surface area contributed by atoms with E-state index in [2.05, 4.69) is 0 Å². The molecular weight excluding hydrogens is 271 g/mol. The number of ketones is 1. The Labute approximate surface area is 122 Å². The first-order valence-corrected chi connectivity index (χ1v) is 6.37. The van der Waals surface area contributed by atoms with Gasteiger partial charge < -0.3 is 19.5 Å². The van der Waals surface area contributed by atoms with Gasteiger partial charge in [-0.05, 0) is 18.2 Å². The van der Waals surface area contributed by atoms with Crippen LogP contribution in [0.1, 0.15) is 10.4 Å². The molecule has 0 saturated heterocycles. The maximum atomic E-state index is 12.1. The Kier molecular flexibility index (Phi) is 4.97. The van der Waals surface area contributed by atoms with Crippen molar-refractivity contribution in [2.45, 2.75) is 0 Å². The minimum absolute atomic E-state index is 0.213. The Balaban J connectivity index is 2.11. The first kappa shape index (κ1) is 15.1. The molecule has 0 radical (unpaired) electrons. The zero-order chi connectivity index (χ0) is 15.2. The molecule has 0 atom stereocenters. The van der Waals surface area contributed by atoms with Crippen LogP contribution in [-0.4, -0.2) is 36.7 Å². The van der Waals surface area contributed by atoms with Gasteiger partial charge >= 0.3 is 7.12 Å². The van der Waals surface area contributed by atoms with Gasteiger partial charge in [0.25, 0.3) is 0 Å². The second-order valence-electron chi connectivity index (χ2n) is 4.32. The van der Waals surface area contributed by atoms with Gasteiger partial charge in [-0.2, -0.15) is 0 Å². The molecule has 2 aromatic carbocycles. The second kappa shape index (κ2) is 6.92. The number of hydrogen-bond acceptors (Lipinski definition) is 5. The summed E-state index contributed by atoms with van der Waals surface area (Å²) in [7, 11) is -0.160. The fourth-order valence-corrected chi connectivity index (χ4v) is 1.92. The molecule has 0 aliphatic heterocycles. The summed E-state index contributed by atoms with van der Waals surface area (Å²) in [6, 6.07) is 13.3. The van der Waals surface area contributed by atoms with E-state index < -0.39 is 7.12 Å². The monoisotopic (exact) mass is 286 g/mol. The van der Waals surface area contributed by atoms with E-state index in [9.17, 15) is 14.8 Å². The molecule has 0 heterocycles. The van der Waals surface area contributed by atoms with Gasteiger partial charge in [0.05, 0.1) is 12.7 Å². The van der Waals surface area contributed by atoms with Crippen LogP contribution in [0.15, 0.2) is 48.5 Å². The number of rotatable bonds is 6. The number of carbonyl (C=O) groups is 1. The third kappa shape index (κ3) is 3.62. The minimum Gasteiger partial charge on any atom is -0.496 e. The van der Waals surface area contributed by atoms with Gasteiger partial charge in [-0.15, -0.1) is 0 Å². The average Bonchev–Trinajstić information content (AvgIpc) is 2.52. The zero-order valence-electron chi connectivity index (χ0n) is 11.5. The SMILES string of the molecule is COc1ccccc1C(=O)COc1ccccc1B(O)O. The molecule has 5 nitrogen and oxygen atoms in total. The van der Waals surface area contributed by atoms with Crippen LogP contribution >= 0.6 is 0 Å². The van der Waals surface area contributed by atoms with Gasteiger partial charge in [0, 0.05) is 5.46 Å². The van der Waals surface area contributed by atoms with E-state index >= 15 is 0 Å². The van der Waals surface area contributed by atoms with Gasteiger partial charge in [0.1, 0.15) is 11.5 Å². The molecule has 108 valence electrons. The largest absolute Gasteiger partial charge is 0.496 e. The molecule has 2 N–H and O–H groups in total. The third-order valence-electron chi connectivity index (χ3n) is 2.96. The lowest BCUT2D eigenvalue weighted by Gasteiger charge is -2.11. The fourth-order valence-electron chi connectivity index (χ4n) is 1.92. The first-order chi connectivity index (χ1) is 10.1. The Morgan fingerprint density at radius 1 is 1.05 bits per heavy atom. The predicted octanol–water partition coefficient (Wildman–Crippen LogP) is 0.637. The van der Waals surface area contributed by atoms with E-state index in [1.807, 2.05) is 0 Å². The lowest BCUT2D eigenvalue weighted by atomic mass is 9.79. The molecule has 0 bridgehead atoms. The Morgan fingerprint density at radius 2 is 1.67 bits per heavy atom. The summed E-state index contributed by atoms with van der Waals surface area (Å²) >= 11 is 0. The number of carbonyl (C=O) groups excluding carboxylic acids is 1. The molecule has 0 aromatic heterocycles. The van der Waals surface area contributed by atoms with Crippen molar-refractivity contribution in [1.29, 1.82) is 0 Å². The maximum Gasteiger partial charge on any atom is 0.492 e. The second-order valence-corrected chi connectivity index (χ2v) is 4.32. The van der Waals surface area contributed by atoms with E-state index in [1.54, 1.807) is 42.5 Å². The molecule has 6 heteroatoms. The first-order valence-electron chi connectivity index (χ1n) is 6.37.